The van der Waals surface area contributed by atoms with Crippen LogP contribution in [0.5, 0.6) is 0 Å². The van der Waals surface area contributed by atoms with Crippen LogP contribution >= 0.6 is 34.7 Å². The van der Waals surface area contributed by atoms with Crippen molar-refractivity contribution in [2.45, 2.75) is 51.6 Å². The van der Waals surface area contributed by atoms with E-state index in [0.717, 1.165) is 52.9 Å². The number of amides is 1. The number of hydrogen-bond acceptors (Lipinski definition) is 5. The second kappa shape index (κ2) is 9.80. The number of carbonyl (C=O) groups excluding carboxylic acids is 1. The first-order chi connectivity index (χ1) is 16.8. The number of nitrogens with one attached hydrogen (secondary N) is 1. The van der Waals surface area contributed by atoms with Gasteiger partial charge in [0, 0.05) is 15.6 Å². The Balaban J connectivity index is 1.54. The highest BCUT2D eigenvalue weighted by molar-refractivity contribution is 7.99. The molecule has 1 amide bonds. The van der Waals surface area contributed by atoms with E-state index in [1.165, 1.54) is 22.2 Å². The lowest BCUT2D eigenvalue weighted by atomic mass is 9.97. The first-order valence-corrected chi connectivity index (χ1v) is 13.8. The number of aryl methyl sites for hydroxylation is 4. The summed E-state index contributed by atoms with van der Waals surface area (Å²) in [5.74, 6) is -0.0114. The summed E-state index contributed by atoms with van der Waals surface area (Å²) in [6, 6.07) is 11.4. The zero-order valence-electron chi connectivity index (χ0n) is 19.9. The summed E-state index contributed by atoms with van der Waals surface area (Å²) in [4.78, 5) is 33.7. The number of halogens is 1. The van der Waals surface area contributed by atoms with Crippen LogP contribution in [0.15, 0.2) is 46.3 Å². The molecule has 5 nitrogen and oxygen atoms in total. The molecule has 1 aliphatic carbocycles. The summed E-state index contributed by atoms with van der Waals surface area (Å²) in [6.45, 7) is 5.96. The van der Waals surface area contributed by atoms with E-state index in [4.69, 9.17) is 16.6 Å². The minimum atomic E-state index is -0.146. The highest BCUT2D eigenvalue weighted by Crippen LogP contribution is 2.36. The third kappa shape index (κ3) is 4.65. The van der Waals surface area contributed by atoms with Crippen molar-refractivity contribution in [2.24, 2.45) is 0 Å². The van der Waals surface area contributed by atoms with Crippen LogP contribution < -0.4 is 10.9 Å². The number of carbonyl (C=O) groups is 1. The third-order valence-corrected chi connectivity index (χ3v) is 9.09. The monoisotopic (exact) mass is 523 g/mol. The average Bonchev–Trinajstić information content (AvgIpc) is 3.21. The Kier molecular flexibility index (Phi) is 6.75. The van der Waals surface area contributed by atoms with Crippen molar-refractivity contribution in [1.29, 1.82) is 0 Å². The average molecular weight is 524 g/mol. The van der Waals surface area contributed by atoms with Crippen LogP contribution in [-0.4, -0.2) is 21.2 Å². The Hall–Kier alpha value is -2.61. The van der Waals surface area contributed by atoms with Crippen LogP contribution in [0.1, 0.15) is 40.0 Å². The lowest BCUT2D eigenvalue weighted by Gasteiger charge is -2.16. The topological polar surface area (TPSA) is 64.0 Å². The number of anilines is 1. The Bertz CT molecular complexity index is 1520. The van der Waals surface area contributed by atoms with Gasteiger partial charge in [-0.2, -0.15) is 0 Å². The number of hydrogen-bond donors (Lipinski definition) is 1. The molecule has 0 radical (unpaired) electrons. The Morgan fingerprint density at radius 1 is 1.14 bits per heavy atom. The molecule has 35 heavy (non-hydrogen) atoms. The Labute approximate surface area is 217 Å². The maximum atomic E-state index is 13.9. The number of nitrogens with zero attached hydrogens (tertiary/aromatic N) is 2. The number of benzene rings is 2. The predicted octanol–water partition coefficient (Wildman–Crippen LogP) is 6.64. The summed E-state index contributed by atoms with van der Waals surface area (Å²) in [5, 5.41) is 4.76. The van der Waals surface area contributed by atoms with Gasteiger partial charge in [0.25, 0.3) is 5.56 Å². The number of thiophene rings is 1. The fraction of sp³-hybridized carbons (Fsp3) is 0.296. The number of aromatic nitrogens is 2. The van der Waals surface area contributed by atoms with Crippen LogP contribution in [-0.2, 0) is 17.6 Å². The fourth-order valence-corrected chi connectivity index (χ4v) is 6.76. The summed E-state index contributed by atoms with van der Waals surface area (Å²) in [6.07, 6.45) is 4.13. The maximum Gasteiger partial charge on any atom is 0.267 e. The summed E-state index contributed by atoms with van der Waals surface area (Å²) < 4.78 is 1.64. The summed E-state index contributed by atoms with van der Waals surface area (Å²) in [5.41, 5.74) is 5.62. The molecule has 0 atom stereocenters. The quantitative estimate of drug-likeness (QED) is 0.235. The van der Waals surface area contributed by atoms with Gasteiger partial charge < -0.3 is 5.32 Å². The molecule has 0 bridgehead atoms. The normalized spacial score (nSPS) is 13.1. The Morgan fingerprint density at radius 2 is 1.94 bits per heavy atom. The van der Waals surface area contributed by atoms with Crippen LogP contribution in [0, 0.1) is 20.8 Å². The van der Waals surface area contributed by atoms with Gasteiger partial charge in [-0.25, -0.2) is 4.98 Å². The van der Waals surface area contributed by atoms with Gasteiger partial charge in [-0.1, -0.05) is 35.5 Å². The van der Waals surface area contributed by atoms with Crippen LogP contribution in [0.25, 0.3) is 15.9 Å². The molecule has 0 fully saturated rings. The number of thioether (sulfide) groups is 1. The Morgan fingerprint density at radius 3 is 2.74 bits per heavy atom. The third-order valence-electron chi connectivity index (χ3n) is 6.56. The van der Waals surface area contributed by atoms with Gasteiger partial charge in [0.2, 0.25) is 5.91 Å². The van der Waals surface area contributed by atoms with Crippen molar-refractivity contribution in [2.75, 3.05) is 11.1 Å². The molecule has 0 spiro atoms. The van der Waals surface area contributed by atoms with Crippen molar-refractivity contribution in [3.8, 4) is 5.69 Å². The van der Waals surface area contributed by atoms with E-state index in [1.807, 2.05) is 57.2 Å². The smallest absolute Gasteiger partial charge is 0.267 e. The van der Waals surface area contributed by atoms with Gasteiger partial charge in [0.1, 0.15) is 4.83 Å². The zero-order valence-corrected chi connectivity index (χ0v) is 22.3. The molecule has 2 aromatic heterocycles. The first-order valence-electron chi connectivity index (χ1n) is 11.7. The van der Waals surface area contributed by atoms with Crippen LogP contribution in [0.2, 0.25) is 5.02 Å². The van der Waals surface area contributed by atoms with Crippen molar-refractivity contribution >= 4 is 56.5 Å². The van der Waals surface area contributed by atoms with Gasteiger partial charge in [-0.05, 0) is 93.0 Å². The summed E-state index contributed by atoms with van der Waals surface area (Å²) >= 11 is 9.30. The fourth-order valence-electron chi connectivity index (χ4n) is 4.48. The molecular weight excluding hydrogens is 498 g/mol. The minimum absolute atomic E-state index is 0.0863. The molecule has 0 saturated carbocycles. The largest absolute Gasteiger partial charge is 0.325 e. The van der Waals surface area contributed by atoms with Crippen molar-refractivity contribution in [3.63, 3.8) is 0 Å². The second-order valence-electron chi connectivity index (χ2n) is 8.95. The molecule has 4 aromatic rings. The molecule has 0 unspecified atom stereocenters. The highest BCUT2D eigenvalue weighted by Gasteiger charge is 2.24. The van der Waals surface area contributed by atoms with Gasteiger partial charge in [-0.3, -0.25) is 14.2 Å². The number of rotatable bonds is 5. The highest BCUT2D eigenvalue weighted by atomic mass is 35.5. The molecule has 1 aliphatic rings. The molecule has 8 heteroatoms. The van der Waals surface area contributed by atoms with Gasteiger partial charge in [-0.15, -0.1) is 11.3 Å². The lowest BCUT2D eigenvalue weighted by molar-refractivity contribution is -0.113. The van der Waals surface area contributed by atoms with E-state index < -0.39 is 0 Å². The maximum absolute atomic E-state index is 13.9. The minimum Gasteiger partial charge on any atom is -0.325 e. The SMILES string of the molecule is Cc1ccc(NC(=O)CSc2nc3sc4c(c3c(=O)n2-c2cccc(Cl)c2C)CCCC4)cc1C. The molecule has 1 N–H and O–H groups in total. The first kappa shape index (κ1) is 24.1. The zero-order chi connectivity index (χ0) is 24.7. The standard InChI is InChI=1S/C27H26ClN3O2S2/c1-15-11-12-18(13-16(15)2)29-23(32)14-34-27-30-25-24(19-7-4-5-10-22(19)35-25)26(33)31(27)21-9-6-8-20(28)17(21)3/h6,8-9,11-13H,4-5,7,10,14H2,1-3H3,(H,29,32). The van der Waals surface area contributed by atoms with Crippen molar-refractivity contribution in [3.05, 3.63) is 78.9 Å². The van der Waals surface area contributed by atoms with E-state index >= 15 is 0 Å². The van der Waals surface area contributed by atoms with Gasteiger partial charge in [0.15, 0.2) is 5.16 Å². The van der Waals surface area contributed by atoms with Crippen molar-refractivity contribution < 1.29 is 4.79 Å². The molecule has 0 aliphatic heterocycles. The molecular formula is C27H26ClN3O2S2. The van der Waals surface area contributed by atoms with Crippen LogP contribution in [0.3, 0.4) is 0 Å². The summed E-state index contributed by atoms with van der Waals surface area (Å²) in [7, 11) is 0. The van der Waals surface area contributed by atoms with Crippen LogP contribution in [0.4, 0.5) is 5.69 Å². The van der Waals surface area contributed by atoms with Gasteiger partial charge in [0.05, 0.1) is 16.8 Å². The van der Waals surface area contributed by atoms with E-state index in [-0.39, 0.29) is 17.2 Å². The van der Waals surface area contributed by atoms with E-state index in [9.17, 15) is 9.59 Å². The van der Waals surface area contributed by atoms with Crippen molar-refractivity contribution in [1.82, 2.24) is 9.55 Å². The molecule has 2 heterocycles. The van der Waals surface area contributed by atoms with E-state index in [2.05, 4.69) is 5.32 Å². The molecule has 0 saturated heterocycles. The van der Waals surface area contributed by atoms with E-state index in [1.54, 1.807) is 15.9 Å². The lowest BCUT2D eigenvalue weighted by Crippen LogP contribution is -2.24. The predicted molar refractivity (Wildman–Crippen MR) is 147 cm³/mol. The van der Waals surface area contributed by atoms with Gasteiger partial charge >= 0.3 is 0 Å². The molecule has 5 rings (SSSR count). The molecule has 180 valence electrons. The second-order valence-corrected chi connectivity index (χ2v) is 11.4. The number of fused-ring (bicyclic) bond motifs is 3. The molecule has 2 aromatic carbocycles. The van der Waals surface area contributed by atoms with E-state index in [0.29, 0.717) is 21.3 Å².